The third kappa shape index (κ3) is 15.7. The number of unbranched alkanes of at least 4 members (excludes halogenated alkanes) is 8. The fourth-order valence-corrected chi connectivity index (χ4v) is 2.01. The SMILES string of the molecule is CC([O-])CCCC/C=C/CCCCCCCCO. The van der Waals surface area contributed by atoms with E-state index in [4.69, 9.17) is 5.11 Å². The van der Waals surface area contributed by atoms with Crippen LogP contribution in [0.1, 0.15) is 77.6 Å². The largest absolute Gasteiger partial charge is 0.852 e. The van der Waals surface area contributed by atoms with Gasteiger partial charge in [0.05, 0.1) is 0 Å². The molecule has 2 nitrogen and oxygen atoms in total. The lowest BCUT2D eigenvalue weighted by molar-refractivity contribution is -0.415. The molecule has 1 atom stereocenters. The molecule has 0 aliphatic carbocycles. The van der Waals surface area contributed by atoms with Crippen molar-refractivity contribution < 1.29 is 10.2 Å². The quantitative estimate of drug-likeness (QED) is 0.404. The number of aliphatic hydroxyl groups excluding tert-OH is 1. The molecule has 0 saturated carbocycles. The fraction of sp³-hybridized carbons (Fsp3) is 0.875. The summed E-state index contributed by atoms with van der Waals surface area (Å²) in [7, 11) is 0. The second-order valence-electron chi connectivity index (χ2n) is 5.20. The molecule has 0 radical (unpaired) electrons. The standard InChI is InChI=1S/C16H31O2/c1-16(18)14-12-10-8-6-4-2-3-5-7-9-11-13-15-17/h4,6,16-17H,2-3,5,7-15H2,1H3/q-1/b6-4+. The topological polar surface area (TPSA) is 43.3 Å². The van der Waals surface area contributed by atoms with Crippen LogP contribution < -0.4 is 5.11 Å². The maximum atomic E-state index is 10.8. The first-order chi connectivity index (χ1) is 8.77. The number of allylic oxidation sites excluding steroid dienone is 2. The minimum atomic E-state index is -0.389. The Morgan fingerprint density at radius 2 is 1.33 bits per heavy atom. The van der Waals surface area contributed by atoms with Crippen LogP contribution in [0.4, 0.5) is 0 Å². The molecule has 0 aromatic heterocycles. The predicted octanol–water partition coefficient (Wildman–Crippen LogP) is 3.57. The summed E-state index contributed by atoms with van der Waals surface area (Å²) in [5, 5.41) is 19.4. The first-order valence-electron chi connectivity index (χ1n) is 7.69. The van der Waals surface area contributed by atoms with Gasteiger partial charge in [-0.1, -0.05) is 57.6 Å². The lowest BCUT2D eigenvalue weighted by Crippen LogP contribution is -2.19. The molecule has 1 unspecified atom stereocenters. The predicted molar refractivity (Wildman–Crippen MR) is 76.5 cm³/mol. The maximum absolute atomic E-state index is 10.8. The van der Waals surface area contributed by atoms with Crippen LogP contribution in [-0.4, -0.2) is 17.8 Å². The highest BCUT2D eigenvalue weighted by Gasteiger charge is 1.90. The van der Waals surface area contributed by atoms with E-state index in [1.165, 1.54) is 38.5 Å². The summed E-state index contributed by atoms with van der Waals surface area (Å²) in [4.78, 5) is 0. The van der Waals surface area contributed by atoms with E-state index in [1.54, 1.807) is 6.92 Å². The highest BCUT2D eigenvalue weighted by molar-refractivity contribution is 4.81. The molecule has 0 amide bonds. The highest BCUT2D eigenvalue weighted by atomic mass is 16.3. The molecule has 0 saturated heterocycles. The van der Waals surface area contributed by atoms with Crippen LogP contribution in [0.25, 0.3) is 0 Å². The summed E-state index contributed by atoms with van der Waals surface area (Å²) in [6, 6.07) is 0. The smallest absolute Gasteiger partial charge is 0.0431 e. The minimum absolute atomic E-state index is 0.341. The molecule has 0 aromatic rings. The van der Waals surface area contributed by atoms with Gasteiger partial charge < -0.3 is 10.2 Å². The van der Waals surface area contributed by atoms with E-state index < -0.39 is 0 Å². The van der Waals surface area contributed by atoms with Crippen molar-refractivity contribution in [2.24, 2.45) is 0 Å². The van der Waals surface area contributed by atoms with Gasteiger partial charge in [-0.15, -0.1) is 6.10 Å². The molecule has 1 N–H and O–H groups in total. The molecule has 0 aliphatic rings. The van der Waals surface area contributed by atoms with Gasteiger partial charge in [-0.3, -0.25) is 0 Å². The van der Waals surface area contributed by atoms with E-state index in [0.29, 0.717) is 6.61 Å². The van der Waals surface area contributed by atoms with E-state index in [9.17, 15) is 5.11 Å². The molecule has 0 fully saturated rings. The van der Waals surface area contributed by atoms with Crippen molar-refractivity contribution in [3.63, 3.8) is 0 Å². The molecule has 0 spiro atoms. The zero-order valence-electron chi connectivity index (χ0n) is 12.1. The monoisotopic (exact) mass is 255 g/mol. The Morgan fingerprint density at radius 1 is 0.833 bits per heavy atom. The molecule has 0 aromatic carbocycles. The normalized spacial score (nSPS) is 13.3. The summed E-state index contributed by atoms with van der Waals surface area (Å²) in [6.45, 7) is 2.09. The molecule has 108 valence electrons. The van der Waals surface area contributed by atoms with E-state index in [-0.39, 0.29) is 6.10 Å². The van der Waals surface area contributed by atoms with Gasteiger partial charge in [-0.05, 0) is 32.1 Å². The summed E-state index contributed by atoms with van der Waals surface area (Å²) >= 11 is 0. The molecular formula is C16H31O2-. The second kappa shape index (κ2) is 14.7. The molecule has 0 heterocycles. The van der Waals surface area contributed by atoms with Crippen LogP contribution in [0.15, 0.2) is 12.2 Å². The van der Waals surface area contributed by atoms with Crippen LogP contribution in [0.3, 0.4) is 0 Å². The van der Waals surface area contributed by atoms with Crippen LogP contribution in [-0.2, 0) is 0 Å². The van der Waals surface area contributed by atoms with Gasteiger partial charge in [0.2, 0.25) is 0 Å². The van der Waals surface area contributed by atoms with E-state index in [2.05, 4.69) is 12.2 Å². The van der Waals surface area contributed by atoms with Crippen molar-refractivity contribution in [3.05, 3.63) is 12.2 Å². The van der Waals surface area contributed by atoms with E-state index in [1.807, 2.05) is 0 Å². The molecule has 2 heteroatoms. The minimum Gasteiger partial charge on any atom is -0.852 e. The van der Waals surface area contributed by atoms with Gasteiger partial charge in [0, 0.05) is 6.61 Å². The Bertz CT molecular complexity index is 176. The molecular weight excluding hydrogens is 224 g/mol. The highest BCUT2D eigenvalue weighted by Crippen LogP contribution is 2.08. The molecule has 0 bridgehead atoms. The van der Waals surface area contributed by atoms with Gasteiger partial charge in [-0.25, -0.2) is 0 Å². The lowest BCUT2D eigenvalue weighted by Gasteiger charge is -2.14. The third-order valence-electron chi connectivity index (χ3n) is 3.18. The van der Waals surface area contributed by atoms with Gasteiger partial charge in [0.15, 0.2) is 0 Å². The summed E-state index contributed by atoms with van der Waals surface area (Å²) in [6.07, 6.45) is 16.8. The second-order valence-corrected chi connectivity index (χ2v) is 5.20. The van der Waals surface area contributed by atoms with E-state index >= 15 is 0 Å². The van der Waals surface area contributed by atoms with Crippen LogP contribution >= 0.6 is 0 Å². The van der Waals surface area contributed by atoms with Crippen molar-refractivity contribution in [1.82, 2.24) is 0 Å². The first-order valence-corrected chi connectivity index (χ1v) is 7.69. The van der Waals surface area contributed by atoms with E-state index in [0.717, 1.165) is 32.1 Å². The Kier molecular flexibility index (Phi) is 14.4. The Morgan fingerprint density at radius 3 is 1.89 bits per heavy atom. The maximum Gasteiger partial charge on any atom is 0.0431 e. The molecule has 0 rings (SSSR count). The zero-order valence-corrected chi connectivity index (χ0v) is 12.1. The van der Waals surface area contributed by atoms with Crippen molar-refractivity contribution >= 4 is 0 Å². The van der Waals surface area contributed by atoms with Crippen LogP contribution in [0, 0.1) is 0 Å². The number of rotatable bonds is 13. The van der Waals surface area contributed by atoms with Crippen molar-refractivity contribution in [1.29, 1.82) is 0 Å². The number of aliphatic hydroxyl groups is 1. The van der Waals surface area contributed by atoms with Crippen LogP contribution in [0.5, 0.6) is 0 Å². The van der Waals surface area contributed by atoms with Gasteiger partial charge in [0.25, 0.3) is 0 Å². The number of hydrogen-bond donors (Lipinski definition) is 1. The lowest BCUT2D eigenvalue weighted by atomic mass is 10.1. The summed E-state index contributed by atoms with van der Waals surface area (Å²) in [5.41, 5.74) is 0. The average Bonchev–Trinajstić information content (AvgIpc) is 2.34. The van der Waals surface area contributed by atoms with Gasteiger partial charge in [-0.2, -0.15) is 0 Å². The fourth-order valence-electron chi connectivity index (χ4n) is 2.01. The van der Waals surface area contributed by atoms with Gasteiger partial charge >= 0.3 is 0 Å². The summed E-state index contributed by atoms with van der Waals surface area (Å²) < 4.78 is 0. The van der Waals surface area contributed by atoms with Crippen molar-refractivity contribution in [2.45, 2.75) is 83.7 Å². The Hall–Kier alpha value is -0.340. The molecule has 0 aliphatic heterocycles. The third-order valence-corrected chi connectivity index (χ3v) is 3.18. The summed E-state index contributed by atoms with van der Waals surface area (Å²) in [5.74, 6) is 0. The zero-order chi connectivity index (χ0) is 13.5. The van der Waals surface area contributed by atoms with Crippen molar-refractivity contribution in [2.75, 3.05) is 6.61 Å². The number of hydrogen-bond acceptors (Lipinski definition) is 2. The van der Waals surface area contributed by atoms with Crippen LogP contribution in [0.2, 0.25) is 0 Å². The molecule has 18 heavy (non-hydrogen) atoms. The van der Waals surface area contributed by atoms with Crippen molar-refractivity contribution in [3.8, 4) is 0 Å². The Labute approximate surface area is 113 Å². The average molecular weight is 255 g/mol. The Balaban J connectivity index is 3.04. The van der Waals surface area contributed by atoms with Gasteiger partial charge in [0.1, 0.15) is 0 Å². The first kappa shape index (κ1) is 17.7.